The van der Waals surface area contributed by atoms with Crippen molar-refractivity contribution in [1.29, 1.82) is 0 Å². The Hall–Kier alpha value is -1.64. The average Bonchev–Trinajstić information content (AvgIpc) is 2.69. The molecule has 7 nitrogen and oxygen atoms in total. The van der Waals surface area contributed by atoms with Crippen LogP contribution in [0.15, 0.2) is 29.2 Å². The lowest BCUT2D eigenvalue weighted by Crippen LogP contribution is -2.71. The van der Waals surface area contributed by atoms with Crippen LogP contribution in [-0.4, -0.2) is 37.4 Å². The number of hydrogen-bond acceptors (Lipinski definition) is 4. The lowest BCUT2D eigenvalue weighted by Gasteiger charge is -2.62. The molecule has 5 fully saturated rings. The molecule has 2 amide bonds. The first-order chi connectivity index (χ1) is 16.0. The molecule has 5 aliphatic rings. The fourth-order valence-electron chi connectivity index (χ4n) is 7.33. The van der Waals surface area contributed by atoms with Gasteiger partial charge in [-0.25, -0.2) is 8.42 Å². The highest BCUT2D eigenvalue weighted by Gasteiger charge is 2.62. The topological polar surface area (TPSA) is 104 Å². The van der Waals surface area contributed by atoms with Crippen molar-refractivity contribution >= 4 is 33.4 Å². The summed E-state index contributed by atoms with van der Waals surface area (Å²) in [5.74, 6) is 0.664. The summed E-state index contributed by atoms with van der Waals surface area (Å²) in [7, 11) is -3.97. The molecule has 2 atom stereocenters. The monoisotopic (exact) mass is 507 g/mol. The average molecular weight is 508 g/mol. The normalized spacial score (nSPS) is 33.4. The van der Waals surface area contributed by atoms with Crippen LogP contribution >= 0.6 is 11.6 Å². The predicted octanol–water partition coefficient (Wildman–Crippen LogP) is 3.52. The van der Waals surface area contributed by atoms with Crippen molar-refractivity contribution in [3.05, 3.63) is 29.3 Å². The number of hydrogen-bond donors (Lipinski definition) is 3. The minimum absolute atomic E-state index is 0.0187. The zero-order chi connectivity index (χ0) is 24.4. The van der Waals surface area contributed by atoms with Gasteiger partial charge in [-0.3, -0.25) is 9.59 Å². The first kappa shape index (κ1) is 24.1. The lowest BCUT2D eigenvalue weighted by molar-refractivity contribution is -0.155. The van der Waals surface area contributed by atoms with Gasteiger partial charge >= 0.3 is 0 Å². The molecule has 0 saturated heterocycles. The minimum atomic E-state index is -3.97. The molecule has 0 aliphatic heterocycles. The minimum Gasteiger partial charge on any atom is -0.353 e. The van der Waals surface area contributed by atoms with E-state index in [0.717, 1.165) is 38.5 Å². The summed E-state index contributed by atoms with van der Waals surface area (Å²) in [5, 5.41) is 6.56. The van der Waals surface area contributed by atoms with E-state index in [1.807, 2.05) is 13.8 Å². The first-order valence-corrected chi connectivity index (χ1v) is 14.2. The Balaban J connectivity index is 1.38. The van der Waals surface area contributed by atoms with Crippen molar-refractivity contribution in [2.45, 2.75) is 93.7 Å². The van der Waals surface area contributed by atoms with Crippen LogP contribution < -0.4 is 15.4 Å². The van der Waals surface area contributed by atoms with E-state index in [2.05, 4.69) is 15.4 Å². The smallest absolute Gasteiger partial charge is 0.243 e. The molecular formula is C25H34ClN3O4S. The third-order valence-electron chi connectivity index (χ3n) is 8.44. The zero-order valence-electron chi connectivity index (χ0n) is 19.8. The highest BCUT2D eigenvalue weighted by Crippen LogP contribution is 2.62. The molecule has 5 saturated carbocycles. The van der Waals surface area contributed by atoms with Crippen LogP contribution in [0.25, 0.3) is 0 Å². The van der Waals surface area contributed by atoms with Crippen LogP contribution in [0, 0.1) is 17.3 Å². The molecule has 9 heteroatoms. The SMILES string of the molecule is CC(C)NC(=O)C12CC3CC(CC(NC(=O)C4(NS(=O)(=O)c5ccccc5Cl)CCC4)(C3)C1)C2. The molecule has 4 bridgehead atoms. The van der Waals surface area contributed by atoms with E-state index in [4.69, 9.17) is 11.6 Å². The number of nitrogens with one attached hydrogen (secondary N) is 3. The molecule has 2 unspecified atom stereocenters. The summed E-state index contributed by atoms with van der Waals surface area (Å²) >= 11 is 6.15. The molecule has 0 aromatic heterocycles. The van der Waals surface area contributed by atoms with Crippen LogP contribution in [0.2, 0.25) is 5.02 Å². The van der Waals surface area contributed by atoms with E-state index in [1.165, 1.54) is 12.1 Å². The Kier molecular flexibility index (Phi) is 5.81. The number of carbonyl (C=O) groups is 2. The van der Waals surface area contributed by atoms with Gasteiger partial charge in [0.05, 0.1) is 10.4 Å². The molecule has 0 heterocycles. The molecular weight excluding hydrogens is 474 g/mol. The highest BCUT2D eigenvalue weighted by molar-refractivity contribution is 7.89. The zero-order valence-corrected chi connectivity index (χ0v) is 21.4. The maximum Gasteiger partial charge on any atom is 0.243 e. The van der Waals surface area contributed by atoms with Gasteiger partial charge in [-0.05, 0) is 95.6 Å². The van der Waals surface area contributed by atoms with Gasteiger partial charge in [0.25, 0.3) is 0 Å². The Morgan fingerprint density at radius 2 is 1.68 bits per heavy atom. The van der Waals surface area contributed by atoms with E-state index in [9.17, 15) is 18.0 Å². The maximum absolute atomic E-state index is 13.7. The Morgan fingerprint density at radius 3 is 2.24 bits per heavy atom. The van der Waals surface area contributed by atoms with Gasteiger partial charge in [0.2, 0.25) is 21.8 Å². The van der Waals surface area contributed by atoms with Crippen molar-refractivity contribution < 1.29 is 18.0 Å². The van der Waals surface area contributed by atoms with Gasteiger partial charge in [0, 0.05) is 11.6 Å². The Labute approximate surface area is 206 Å². The molecule has 1 aromatic rings. The van der Waals surface area contributed by atoms with Gasteiger partial charge in [0.1, 0.15) is 10.4 Å². The van der Waals surface area contributed by atoms with E-state index in [-0.39, 0.29) is 27.8 Å². The van der Waals surface area contributed by atoms with Gasteiger partial charge in [-0.15, -0.1) is 0 Å². The van der Waals surface area contributed by atoms with Crippen molar-refractivity contribution in [1.82, 2.24) is 15.4 Å². The summed E-state index contributed by atoms with van der Waals surface area (Å²) < 4.78 is 29.0. The Bertz CT molecular complexity index is 1100. The molecule has 5 aliphatic carbocycles. The second-order valence-corrected chi connectivity index (χ2v) is 13.6. The van der Waals surface area contributed by atoms with E-state index >= 15 is 0 Å². The quantitative estimate of drug-likeness (QED) is 0.525. The molecule has 6 rings (SSSR count). The molecule has 0 radical (unpaired) electrons. The predicted molar refractivity (Wildman–Crippen MR) is 130 cm³/mol. The van der Waals surface area contributed by atoms with Crippen LogP contribution in [0.4, 0.5) is 0 Å². The molecule has 186 valence electrons. The maximum atomic E-state index is 13.7. The molecule has 34 heavy (non-hydrogen) atoms. The second kappa shape index (κ2) is 8.20. The number of sulfonamides is 1. The molecule has 0 spiro atoms. The number of amides is 2. The molecule has 3 N–H and O–H groups in total. The van der Waals surface area contributed by atoms with Crippen molar-refractivity contribution in [3.8, 4) is 0 Å². The highest BCUT2D eigenvalue weighted by atomic mass is 35.5. The Morgan fingerprint density at radius 1 is 1.03 bits per heavy atom. The van der Waals surface area contributed by atoms with E-state index < -0.39 is 26.5 Å². The second-order valence-electron chi connectivity index (χ2n) is 11.6. The van der Waals surface area contributed by atoms with Gasteiger partial charge in [-0.2, -0.15) is 4.72 Å². The van der Waals surface area contributed by atoms with Crippen LogP contribution in [0.1, 0.15) is 71.6 Å². The fraction of sp³-hybridized carbons (Fsp3) is 0.680. The van der Waals surface area contributed by atoms with Gasteiger partial charge in [0.15, 0.2) is 0 Å². The summed E-state index contributed by atoms with van der Waals surface area (Å²) in [5.41, 5.74) is -2.06. The number of halogens is 1. The van der Waals surface area contributed by atoms with Crippen LogP contribution in [-0.2, 0) is 19.6 Å². The number of rotatable bonds is 7. The van der Waals surface area contributed by atoms with Crippen molar-refractivity contribution in [3.63, 3.8) is 0 Å². The third-order valence-corrected chi connectivity index (χ3v) is 10.5. The van der Waals surface area contributed by atoms with Crippen molar-refractivity contribution in [2.75, 3.05) is 0 Å². The lowest BCUT2D eigenvalue weighted by atomic mass is 9.46. The van der Waals surface area contributed by atoms with Crippen LogP contribution in [0.3, 0.4) is 0 Å². The summed E-state index contributed by atoms with van der Waals surface area (Å²) in [6.45, 7) is 3.95. The van der Waals surface area contributed by atoms with E-state index in [1.54, 1.807) is 12.1 Å². The van der Waals surface area contributed by atoms with Crippen LogP contribution in [0.5, 0.6) is 0 Å². The summed E-state index contributed by atoms with van der Waals surface area (Å²) in [6, 6.07) is 6.34. The third kappa shape index (κ3) is 4.05. The first-order valence-electron chi connectivity index (χ1n) is 12.4. The number of carbonyl (C=O) groups excluding carboxylic acids is 2. The van der Waals surface area contributed by atoms with Crippen molar-refractivity contribution in [2.24, 2.45) is 17.3 Å². The van der Waals surface area contributed by atoms with Gasteiger partial charge < -0.3 is 10.6 Å². The molecule has 1 aromatic carbocycles. The summed E-state index contributed by atoms with van der Waals surface area (Å²) in [4.78, 5) is 26.9. The summed E-state index contributed by atoms with van der Waals surface area (Å²) in [6.07, 6.45) is 6.89. The number of benzene rings is 1. The fourth-order valence-corrected chi connectivity index (χ4v) is 9.27. The standard InChI is InChI=1S/C25H34ClN3O4S/c1-16(2)27-21(30)23-11-17-10-18(12-23)14-24(13-17,15-23)28-22(31)25(8-5-9-25)29-34(32,33)20-7-4-3-6-19(20)26/h3-4,6-7,16-18,29H,5,8-15H2,1-2H3,(H,27,30)(H,28,31). The van der Waals surface area contributed by atoms with Gasteiger partial charge in [-0.1, -0.05) is 23.7 Å². The largest absolute Gasteiger partial charge is 0.353 e. The van der Waals surface area contributed by atoms with E-state index in [0.29, 0.717) is 31.1 Å².